The third-order valence-corrected chi connectivity index (χ3v) is 7.30. The summed E-state index contributed by atoms with van der Waals surface area (Å²) in [5, 5.41) is 17.6. The zero-order chi connectivity index (χ0) is 27.7. The van der Waals surface area contributed by atoms with E-state index in [9.17, 15) is 9.90 Å². The van der Waals surface area contributed by atoms with E-state index in [1.54, 1.807) is 33.5 Å². The van der Waals surface area contributed by atoms with Gasteiger partial charge in [-0.3, -0.25) is 4.79 Å². The number of phenols is 1. The van der Waals surface area contributed by atoms with E-state index in [1.807, 2.05) is 36.4 Å². The molecule has 0 aromatic heterocycles. The summed E-state index contributed by atoms with van der Waals surface area (Å²) in [5.74, 6) is 1.90. The van der Waals surface area contributed by atoms with Gasteiger partial charge >= 0.3 is 0 Å². The van der Waals surface area contributed by atoms with Gasteiger partial charge in [0.2, 0.25) is 11.5 Å². The largest absolute Gasteiger partial charge is 0.502 e. The Morgan fingerprint density at radius 2 is 1.31 bits per heavy atom. The fraction of sp³-hybridized carbons (Fsp3) is 0.300. The Hall–Kier alpha value is -4.53. The van der Waals surface area contributed by atoms with Crippen LogP contribution in [-0.2, 0) is 4.79 Å². The Labute approximate surface area is 227 Å². The lowest BCUT2D eigenvalue weighted by molar-refractivity contribution is -0.116. The van der Waals surface area contributed by atoms with Crippen molar-refractivity contribution in [3.63, 3.8) is 0 Å². The summed E-state index contributed by atoms with van der Waals surface area (Å²) in [6.07, 6.45) is 0.874. The quantitative estimate of drug-likeness (QED) is 0.368. The number of benzene rings is 3. The lowest BCUT2D eigenvalue weighted by Gasteiger charge is -2.30. The van der Waals surface area contributed by atoms with Crippen molar-refractivity contribution < 1.29 is 33.6 Å². The molecule has 3 aromatic rings. The number of ketones is 1. The van der Waals surface area contributed by atoms with Crippen LogP contribution in [0.3, 0.4) is 0 Å². The highest BCUT2D eigenvalue weighted by molar-refractivity contribution is 6.01. The molecular formula is C30H32N2O7. The van der Waals surface area contributed by atoms with Gasteiger partial charge in [0.1, 0.15) is 0 Å². The molecule has 9 heteroatoms. The number of allylic oxidation sites excluding steroid dienone is 1. The van der Waals surface area contributed by atoms with Crippen molar-refractivity contribution in [1.82, 2.24) is 0 Å². The average Bonchev–Trinajstić information content (AvgIpc) is 3.13. The lowest BCUT2D eigenvalue weighted by atomic mass is 9.78. The first-order valence-electron chi connectivity index (χ1n) is 12.6. The molecule has 3 aromatic carbocycles. The van der Waals surface area contributed by atoms with Gasteiger partial charge in [-0.1, -0.05) is 12.1 Å². The van der Waals surface area contributed by atoms with Crippen molar-refractivity contribution >= 4 is 17.2 Å². The van der Waals surface area contributed by atoms with Crippen LogP contribution in [0, 0.1) is 0 Å². The fourth-order valence-corrected chi connectivity index (χ4v) is 5.40. The minimum absolute atomic E-state index is 0.00110. The molecule has 0 fully saturated rings. The zero-order valence-corrected chi connectivity index (χ0v) is 22.6. The molecule has 1 aliphatic carbocycles. The minimum Gasteiger partial charge on any atom is -0.502 e. The first kappa shape index (κ1) is 26.1. The summed E-state index contributed by atoms with van der Waals surface area (Å²) >= 11 is 0. The number of Topliss-reactive ketones (excluding diaryl/α,β-unsaturated/α-hetero) is 1. The van der Waals surface area contributed by atoms with Gasteiger partial charge < -0.3 is 39.4 Å². The number of carbonyl (C=O) groups is 1. The second kappa shape index (κ2) is 10.7. The van der Waals surface area contributed by atoms with Crippen LogP contribution in [0.5, 0.6) is 34.5 Å². The average molecular weight is 533 g/mol. The Bertz CT molecular complexity index is 1400. The van der Waals surface area contributed by atoms with Crippen molar-refractivity contribution in [3.8, 4) is 34.5 Å². The fourth-order valence-electron chi connectivity index (χ4n) is 5.40. The van der Waals surface area contributed by atoms with E-state index < -0.39 is 6.04 Å². The predicted octanol–water partition coefficient (Wildman–Crippen LogP) is 5.41. The highest BCUT2D eigenvalue weighted by Gasteiger charge is 2.37. The number of nitrogens with one attached hydrogen (secondary N) is 2. The van der Waals surface area contributed by atoms with Crippen LogP contribution in [-0.4, -0.2) is 46.4 Å². The van der Waals surface area contributed by atoms with Gasteiger partial charge in [0.25, 0.3) is 0 Å². The van der Waals surface area contributed by atoms with Crippen LogP contribution in [0.2, 0.25) is 0 Å². The van der Waals surface area contributed by atoms with E-state index in [1.165, 1.54) is 14.2 Å². The molecule has 0 unspecified atom stereocenters. The van der Waals surface area contributed by atoms with Crippen LogP contribution in [0.15, 0.2) is 59.8 Å². The van der Waals surface area contributed by atoms with Gasteiger partial charge in [0, 0.05) is 17.7 Å². The van der Waals surface area contributed by atoms with Crippen molar-refractivity contribution in [2.45, 2.75) is 24.8 Å². The van der Waals surface area contributed by atoms with Crippen LogP contribution >= 0.6 is 0 Å². The first-order chi connectivity index (χ1) is 18.9. The van der Waals surface area contributed by atoms with E-state index in [0.29, 0.717) is 35.7 Å². The highest BCUT2D eigenvalue weighted by atomic mass is 16.5. The molecule has 0 radical (unpaired) electrons. The van der Waals surface area contributed by atoms with Gasteiger partial charge in [0.05, 0.1) is 53.0 Å². The summed E-state index contributed by atoms with van der Waals surface area (Å²) in [5.41, 5.74) is 4.81. The van der Waals surface area contributed by atoms with Crippen LogP contribution in [0.4, 0.5) is 11.4 Å². The maximum absolute atomic E-state index is 14.0. The molecule has 39 heavy (non-hydrogen) atoms. The Morgan fingerprint density at radius 3 is 1.87 bits per heavy atom. The van der Waals surface area contributed by atoms with E-state index in [2.05, 4.69) is 10.6 Å². The molecule has 1 heterocycles. The molecular weight excluding hydrogens is 500 g/mol. The van der Waals surface area contributed by atoms with Crippen molar-refractivity contribution in [2.24, 2.45) is 0 Å². The molecule has 0 bridgehead atoms. The minimum atomic E-state index is -0.507. The van der Waals surface area contributed by atoms with E-state index in [-0.39, 0.29) is 28.9 Å². The molecule has 0 saturated heterocycles. The molecule has 204 valence electrons. The number of ether oxygens (including phenoxy) is 5. The van der Waals surface area contributed by atoms with Crippen molar-refractivity contribution in [1.29, 1.82) is 0 Å². The van der Waals surface area contributed by atoms with Crippen LogP contribution in [0.1, 0.15) is 35.9 Å². The van der Waals surface area contributed by atoms with Gasteiger partial charge in [0.15, 0.2) is 28.8 Å². The SMILES string of the molecule is COc1cc([C@@H]2Nc3ccccc3NC3=C2C(=O)C[C@H](c2cc(OC)c(OC)c(OC)c2)C3)cc(OC)c1O. The number of hydrogen-bond acceptors (Lipinski definition) is 9. The first-order valence-corrected chi connectivity index (χ1v) is 12.6. The van der Waals surface area contributed by atoms with E-state index >= 15 is 0 Å². The number of methoxy groups -OCH3 is 5. The number of phenolic OH excluding ortho intramolecular Hbond substituents is 1. The maximum atomic E-state index is 14.0. The Balaban J connectivity index is 1.63. The number of rotatable bonds is 7. The molecule has 2 aliphatic rings. The topological polar surface area (TPSA) is 108 Å². The molecule has 5 rings (SSSR count). The number of carbonyl (C=O) groups excluding carboxylic acids is 1. The summed E-state index contributed by atoms with van der Waals surface area (Å²) in [4.78, 5) is 14.0. The monoisotopic (exact) mass is 532 g/mol. The maximum Gasteiger partial charge on any atom is 0.203 e. The lowest BCUT2D eigenvalue weighted by Crippen LogP contribution is -2.27. The Kier molecular flexibility index (Phi) is 7.15. The Morgan fingerprint density at radius 1 is 0.744 bits per heavy atom. The van der Waals surface area contributed by atoms with Crippen LogP contribution < -0.4 is 34.3 Å². The summed E-state index contributed by atoms with van der Waals surface area (Å²) < 4.78 is 27.4. The summed E-state index contributed by atoms with van der Waals surface area (Å²) in [6, 6.07) is 14.6. The molecule has 9 nitrogen and oxygen atoms in total. The van der Waals surface area contributed by atoms with Crippen molar-refractivity contribution in [2.75, 3.05) is 46.2 Å². The summed E-state index contributed by atoms with van der Waals surface area (Å²) in [7, 11) is 7.68. The van der Waals surface area contributed by atoms with Gasteiger partial charge in [-0.15, -0.1) is 0 Å². The number of anilines is 2. The smallest absolute Gasteiger partial charge is 0.203 e. The van der Waals surface area contributed by atoms with Crippen LogP contribution in [0.25, 0.3) is 0 Å². The van der Waals surface area contributed by atoms with Crippen molar-refractivity contribution in [3.05, 3.63) is 70.9 Å². The molecule has 0 amide bonds. The standard InChI is InChI=1S/C30H32N2O7/c1-35-23-14-18(15-24(36-2)29(23)34)28-27-21(31-19-8-6-7-9-20(19)32-28)10-16(11-22(27)33)17-12-25(37-3)30(39-5)26(13-17)38-4/h6-9,12-16,28,31-32,34H,10-11H2,1-5H3/t16-,28+/m1/s1. The predicted molar refractivity (Wildman–Crippen MR) is 148 cm³/mol. The number of para-hydroxylation sites is 2. The second-order valence-electron chi connectivity index (χ2n) is 9.40. The molecule has 2 atom stereocenters. The zero-order valence-electron chi connectivity index (χ0n) is 22.6. The van der Waals surface area contributed by atoms with Gasteiger partial charge in [-0.25, -0.2) is 0 Å². The van der Waals surface area contributed by atoms with Gasteiger partial charge in [-0.2, -0.15) is 0 Å². The highest BCUT2D eigenvalue weighted by Crippen LogP contribution is 2.48. The number of hydrogen-bond donors (Lipinski definition) is 3. The third kappa shape index (κ3) is 4.65. The van der Waals surface area contributed by atoms with E-state index in [0.717, 1.165) is 28.2 Å². The number of aromatic hydroxyl groups is 1. The molecule has 0 saturated carbocycles. The second-order valence-corrected chi connectivity index (χ2v) is 9.40. The van der Waals surface area contributed by atoms with Gasteiger partial charge in [-0.05, 0) is 59.9 Å². The molecule has 0 spiro atoms. The van der Waals surface area contributed by atoms with E-state index in [4.69, 9.17) is 23.7 Å². The number of fused-ring (bicyclic) bond motifs is 1. The summed E-state index contributed by atoms with van der Waals surface area (Å²) in [6.45, 7) is 0. The normalized spacial score (nSPS) is 18.1. The molecule has 3 N–H and O–H groups in total. The third-order valence-electron chi connectivity index (χ3n) is 7.30. The molecule has 1 aliphatic heterocycles.